The highest BCUT2D eigenvalue weighted by atomic mass is 35.5. The Morgan fingerprint density at radius 2 is 2.00 bits per heavy atom. The normalized spacial score (nSPS) is 21.4. The Morgan fingerprint density at radius 3 is 2.43 bits per heavy atom. The standard InChI is InChI=1S/C12H14ClF/c1-9(14)12(7-4-8-12)10-5-2-3-6-11(10)13/h2-3,5-6,9H,4,7-8H2,1H3. The molecule has 0 bridgehead atoms. The molecule has 0 spiro atoms. The van der Waals surface area contributed by atoms with E-state index in [9.17, 15) is 4.39 Å². The molecule has 1 aliphatic carbocycles. The summed E-state index contributed by atoms with van der Waals surface area (Å²) in [6.45, 7) is 1.64. The molecule has 1 aromatic rings. The molecule has 0 aromatic heterocycles. The third-order valence-electron chi connectivity index (χ3n) is 3.42. The molecule has 0 heterocycles. The number of alkyl halides is 1. The first-order valence-electron chi connectivity index (χ1n) is 5.06. The number of hydrogen-bond donors (Lipinski definition) is 0. The van der Waals surface area contributed by atoms with Gasteiger partial charge in [0.05, 0.1) is 0 Å². The van der Waals surface area contributed by atoms with Gasteiger partial charge in [-0.1, -0.05) is 36.2 Å². The van der Waals surface area contributed by atoms with Gasteiger partial charge in [0.25, 0.3) is 0 Å². The van der Waals surface area contributed by atoms with Crippen molar-refractivity contribution in [1.29, 1.82) is 0 Å². The Labute approximate surface area is 89.1 Å². The van der Waals surface area contributed by atoms with Crippen molar-refractivity contribution in [2.75, 3.05) is 0 Å². The van der Waals surface area contributed by atoms with Crippen LogP contribution in [0.5, 0.6) is 0 Å². The largest absolute Gasteiger partial charge is 0.247 e. The van der Waals surface area contributed by atoms with Crippen LogP contribution in [0.3, 0.4) is 0 Å². The molecule has 1 fully saturated rings. The van der Waals surface area contributed by atoms with Crippen molar-refractivity contribution in [3.8, 4) is 0 Å². The Bertz CT molecular complexity index is 329. The SMILES string of the molecule is CC(F)C1(c2ccccc2Cl)CCC1. The van der Waals surface area contributed by atoms with Gasteiger partial charge in [0.2, 0.25) is 0 Å². The smallest absolute Gasteiger partial charge is 0.107 e. The maximum Gasteiger partial charge on any atom is 0.107 e. The molecule has 76 valence electrons. The van der Waals surface area contributed by atoms with Gasteiger partial charge in [-0.2, -0.15) is 0 Å². The highest BCUT2D eigenvalue weighted by Crippen LogP contribution is 2.49. The predicted octanol–water partition coefficient (Wildman–Crippen LogP) is 4.12. The second-order valence-corrected chi connectivity index (χ2v) is 4.51. The van der Waals surface area contributed by atoms with Crippen molar-refractivity contribution in [2.45, 2.75) is 37.8 Å². The fraction of sp³-hybridized carbons (Fsp3) is 0.500. The maximum absolute atomic E-state index is 13.6. The predicted molar refractivity (Wildman–Crippen MR) is 57.6 cm³/mol. The fourth-order valence-electron chi connectivity index (χ4n) is 2.30. The molecular weight excluding hydrogens is 199 g/mol. The second kappa shape index (κ2) is 3.54. The number of rotatable bonds is 2. The van der Waals surface area contributed by atoms with E-state index >= 15 is 0 Å². The van der Waals surface area contributed by atoms with E-state index in [1.165, 1.54) is 0 Å². The summed E-state index contributed by atoms with van der Waals surface area (Å²) < 4.78 is 13.6. The van der Waals surface area contributed by atoms with Crippen LogP contribution in [0.15, 0.2) is 24.3 Å². The zero-order valence-corrected chi connectivity index (χ0v) is 9.02. The molecule has 0 nitrogen and oxygen atoms in total. The van der Waals surface area contributed by atoms with Gasteiger partial charge in [-0.05, 0) is 31.4 Å². The van der Waals surface area contributed by atoms with Crippen LogP contribution in [0, 0.1) is 0 Å². The van der Waals surface area contributed by atoms with Gasteiger partial charge < -0.3 is 0 Å². The first-order chi connectivity index (χ1) is 6.67. The molecule has 1 saturated carbocycles. The van der Waals surface area contributed by atoms with Gasteiger partial charge in [0, 0.05) is 10.4 Å². The van der Waals surface area contributed by atoms with Crippen molar-refractivity contribution in [3.63, 3.8) is 0 Å². The third-order valence-corrected chi connectivity index (χ3v) is 3.75. The number of hydrogen-bond acceptors (Lipinski definition) is 0. The molecule has 1 aromatic carbocycles. The summed E-state index contributed by atoms with van der Waals surface area (Å²) in [6.07, 6.45) is 2.15. The summed E-state index contributed by atoms with van der Waals surface area (Å²) >= 11 is 6.10. The molecule has 0 N–H and O–H groups in total. The molecule has 0 saturated heterocycles. The summed E-state index contributed by atoms with van der Waals surface area (Å²) in [5, 5.41) is 0.705. The van der Waals surface area contributed by atoms with Gasteiger partial charge in [-0.25, -0.2) is 4.39 Å². The van der Waals surface area contributed by atoms with E-state index in [1.807, 2.05) is 24.3 Å². The summed E-state index contributed by atoms with van der Waals surface area (Å²) in [4.78, 5) is 0. The van der Waals surface area contributed by atoms with Crippen LogP contribution in [0.2, 0.25) is 5.02 Å². The summed E-state index contributed by atoms with van der Waals surface area (Å²) in [7, 11) is 0. The molecule has 14 heavy (non-hydrogen) atoms. The minimum atomic E-state index is -0.809. The van der Waals surface area contributed by atoms with E-state index < -0.39 is 6.17 Å². The van der Waals surface area contributed by atoms with Gasteiger partial charge in [0.1, 0.15) is 6.17 Å². The van der Waals surface area contributed by atoms with Crippen LogP contribution in [0.4, 0.5) is 4.39 Å². The molecule has 2 rings (SSSR count). The topological polar surface area (TPSA) is 0 Å². The molecule has 0 radical (unpaired) electrons. The minimum absolute atomic E-state index is 0.293. The molecule has 1 unspecified atom stereocenters. The van der Waals surface area contributed by atoms with E-state index in [0.29, 0.717) is 5.02 Å². The summed E-state index contributed by atoms with van der Waals surface area (Å²) in [5.74, 6) is 0. The first kappa shape index (κ1) is 9.97. The van der Waals surface area contributed by atoms with Gasteiger partial charge in [-0.3, -0.25) is 0 Å². The average molecular weight is 213 g/mol. The summed E-state index contributed by atoms with van der Waals surface area (Å²) in [6, 6.07) is 7.63. The second-order valence-electron chi connectivity index (χ2n) is 4.11. The Kier molecular flexibility index (Phi) is 2.52. The van der Waals surface area contributed by atoms with E-state index in [1.54, 1.807) is 6.92 Å². The van der Waals surface area contributed by atoms with Crippen LogP contribution < -0.4 is 0 Å². The minimum Gasteiger partial charge on any atom is -0.247 e. The van der Waals surface area contributed by atoms with Crippen LogP contribution in [0.25, 0.3) is 0 Å². The lowest BCUT2D eigenvalue weighted by Crippen LogP contribution is -2.42. The quantitative estimate of drug-likeness (QED) is 0.692. The molecule has 1 atom stereocenters. The third kappa shape index (κ3) is 1.35. The van der Waals surface area contributed by atoms with E-state index in [2.05, 4.69) is 0 Å². The van der Waals surface area contributed by atoms with Crippen molar-refractivity contribution in [2.24, 2.45) is 0 Å². The molecular formula is C12H14ClF. The Hall–Kier alpha value is -0.560. The van der Waals surface area contributed by atoms with Gasteiger partial charge >= 0.3 is 0 Å². The highest BCUT2D eigenvalue weighted by Gasteiger charge is 2.44. The zero-order chi connectivity index (χ0) is 10.2. The van der Waals surface area contributed by atoms with Crippen molar-refractivity contribution < 1.29 is 4.39 Å². The first-order valence-corrected chi connectivity index (χ1v) is 5.44. The average Bonchev–Trinajstić information content (AvgIpc) is 2.05. The zero-order valence-electron chi connectivity index (χ0n) is 8.26. The molecule has 0 amide bonds. The lowest BCUT2D eigenvalue weighted by molar-refractivity contribution is 0.114. The van der Waals surface area contributed by atoms with Crippen molar-refractivity contribution in [3.05, 3.63) is 34.9 Å². The van der Waals surface area contributed by atoms with Crippen LogP contribution in [-0.2, 0) is 5.41 Å². The lowest BCUT2D eigenvalue weighted by atomic mass is 9.62. The molecule has 2 heteroatoms. The maximum atomic E-state index is 13.6. The molecule has 1 aliphatic rings. The Balaban J connectivity index is 2.42. The lowest BCUT2D eigenvalue weighted by Gasteiger charge is -2.44. The van der Waals surface area contributed by atoms with E-state index in [4.69, 9.17) is 11.6 Å². The Morgan fingerprint density at radius 1 is 1.36 bits per heavy atom. The highest BCUT2D eigenvalue weighted by molar-refractivity contribution is 6.31. The van der Waals surface area contributed by atoms with Crippen LogP contribution >= 0.6 is 11.6 Å². The number of benzene rings is 1. The van der Waals surface area contributed by atoms with Crippen molar-refractivity contribution >= 4 is 11.6 Å². The van der Waals surface area contributed by atoms with E-state index in [-0.39, 0.29) is 5.41 Å². The molecule has 0 aliphatic heterocycles. The van der Waals surface area contributed by atoms with Gasteiger partial charge in [-0.15, -0.1) is 0 Å². The fourth-order valence-corrected chi connectivity index (χ4v) is 2.63. The summed E-state index contributed by atoms with van der Waals surface area (Å²) in [5.41, 5.74) is 0.696. The van der Waals surface area contributed by atoms with Crippen molar-refractivity contribution in [1.82, 2.24) is 0 Å². The number of halogens is 2. The van der Waals surface area contributed by atoms with Crippen LogP contribution in [0.1, 0.15) is 31.7 Å². The van der Waals surface area contributed by atoms with Gasteiger partial charge in [0.15, 0.2) is 0 Å². The van der Waals surface area contributed by atoms with Crippen LogP contribution in [-0.4, -0.2) is 6.17 Å². The van der Waals surface area contributed by atoms with E-state index in [0.717, 1.165) is 24.8 Å². The monoisotopic (exact) mass is 212 g/mol.